The molecule has 0 heterocycles. The van der Waals surface area contributed by atoms with Crippen molar-refractivity contribution < 1.29 is 4.79 Å². The van der Waals surface area contributed by atoms with Crippen molar-refractivity contribution in [2.45, 2.75) is 6.92 Å². The van der Waals surface area contributed by atoms with E-state index in [4.69, 9.17) is 23.2 Å². The van der Waals surface area contributed by atoms with Gasteiger partial charge < -0.3 is 5.32 Å². The van der Waals surface area contributed by atoms with Crippen molar-refractivity contribution in [3.05, 3.63) is 52.5 Å². The second kappa shape index (κ2) is 5.42. The number of para-hydroxylation sites is 1. The topological polar surface area (TPSA) is 29.1 Å². The highest BCUT2D eigenvalue weighted by Crippen LogP contribution is 2.32. The average Bonchev–Trinajstić information content (AvgIpc) is 2.33. The monoisotopic (exact) mass is 279 g/mol. The second-order valence-electron chi connectivity index (χ2n) is 3.86. The van der Waals surface area contributed by atoms with Gasteiger partial charge in [0.05, 0.1) is 10.0 Å². The lowest BCUT2D eigenvalue weighted by atomic mass is 10.0. The van der Waals surface area contributed by atoms with Gasteiger partial charge >= 0.3 is 0 Å². The van der Waals surface area contributed by atoms with Gasteiger partial charge in [0.15, 0.2) is 0 Å². The van der Waals surface area contributed by atoms with Gasteiger partial charge in [-0.2, -0.15) is 0 Å². The van der Waals surface area contributed by atoms with E-state index in [1.54, 1.807) is 12.1 Å². The number of rotatable bonds is 2. The van der Waals surface area contributed by atoms with Crippen molar-refractivity contribution in [3.8, 4) is 11.1 Å². The fourth-order valence-corrected chi connectivity index (χ4v) is 2.00. The maximum atomic E-state index is 11.2. The van der Waals surface area contributed by atoms with Gasteiger partial charge in [0, 0.05) is 18.2 Å². The largest absolute Gasteiger partial charge is 0.326 e. The Hall–Kier alpha value is -1.51. The predicted octanol–water partition coefficient (Wildman–Crippen LogP) is 4.62. The van der Waals surface area contributed by atoms with E-state index in [1.807, 2.05) is 30.3 Å². The molecule has 2 rings (SSSR count). The Balaban J connectivity index is 2.49. The fraction of sp³-hybridized carbons (Fsp3) is 0.0714. The smallest absolute Gasteiger partial charge is 0.221 e. The summed E-state index contributed by atoms with van der Waals surface area (Å²) in [6.45, 7) is 1.48. The van der Waals surface area contributed by atoms with E-state index < -0.39 is 0 Å². The van der Waals surface area contributed by atoms with Crippen molar-refractivity contribution in [1.82, 2.24) is 0 Å². The lowest BCUT2D eigenvalue weighted by molar-refractivity contribution is -0.114. The van der Waals surface area contributed by atoms with Crippen molar-refractivity contribution in [1.29, 1.82) is 0 Å². The second-order valence-corrected chi connectivity index (χ2v) is 4.67. The maximum Gasteiger partial charge on any atom is 0.221 e. The molecule has 0 aliphatic carbocycles. The molecule has 92 valence electrons. The molecule has 0 aliphatic rings. The molecular weight excluding hydrogens is 269 g/mol. The highest BCUT2D eigenvalue weighted by atomic mass is 35.5. The first-order valence-corrected chi connectivity index (χ1v) is 6.15. The Morgan fingerprint density at radius 2 is 1.78 bits per heavy atom. The van der Waals surface area contributed by atoms with Gasteiger partial charge in [-0.15, -0.1) is 0 Å². The normalized spacial score (nSPS) is 10.2. The Morgan fingerprint density at radius 3 is 2.44 bits per heavy atom. The highest BCUT2D eigenvalue weighted by Gasteiger charge is 2.07. The number of amides is 1. The van der Waals surface area contributed by atoms with E-state index in [0.717, 1.165) is 16.8 Å². The molecule has 0 radical (unpaired) electrons. The van der Waals surface area contributed by atoms with E-state index in [1.165, 1.54) is 6.92 Å². The predicted molar refractivity (Wildman–Crippen MR) is 76.2 cm³/mol. The molecule has 0 aromatic heterocycles. The summed E-state index contributed by atoms with van der Waals surface area (Å²) in [6, 6.07) is 12.9. The minimum atomic E-state index is -0.109. The van der Waals surface area contributed by atoms with Crippen LogP contribution in [0.5, 0.6) is 0 Å². The van der Waals surface area contributed by atoms with Crippen molar-refractivity contribution in [2.75, 3.05) is 5.32 Å². The zero-order valence-electron chi connectivity index (χ0n) is 9.71. The summed E-state index contributed by atoms with van der Waals surface area (Å²) in [5.74, 6) is -0.109. The summed E-state index contributed by atoms with van der Waals surface area (Å²) in [6.07, 6.45) is 0. The highest BCUT2D eigenvalue weighted by molar-refractivity contribution is 6.42. The van der Waals surface area contributed by atoms with Gasteiger partial charge in [-0.05, 0) is 23.8 Å². The lowest BCUT2D eigenvalue weighted by Crippen LogP contribution is -2.06. The first-order valence-electron chi connectivity index (χ1n) is 5.40. The molecule has 0 atom stereocenters. The van der Waals surface area contributed by atoms with E-state index in [0.29, 0.717) is 10.0 Å². The number of carbonyl (C=O) groups is 1. The number of nitrogens with one attached hydrogen (secondary N) is 1. The van der Waals surface area contributed by atoms with Crippen molar-refractivity contribution in [3.63, 3.8) is 0 Å². The van der Waals surface area contributed by atoms with Gasteiger partial charge in [0.25, 0.3) is 0 Å². The molecule has 1 amide bonds. The number of halogens is 2. The van der Waals surface area contributed by atoms with Gasteiger partial charge in [0.2, 0.25) is 5.91 Å². The first-order chi connectivity index (χ1) is 8.58. The number of hydrogen-bond donors (Lipinski definition) is 1. The number of carbonyl (C=O) groups excluding carboxylic acids is 1. The number of benzene rings is 2. The molecule has 0 aliphatic heterocycles. The van der Waals surface area contributed by atoms with E-state index >= 15 is 0 Å². The third-order valence-corrected chi connectivity index (χ3v) is 3.21. The quantitative estimate of drug-likeness (QED) is 0.854. The lowest BCUT2D eigenvalue weighted by Gasteiger charge is -2.10. The molecule has 18 heavy (non-hydrogen) atoms. The zero-order chi connectivity index (χ0) is 13.1. The van der Waals surface area contributed by atoms with E-state index in [-0.39, 0.29) is 5.91 Å². The minimum absolute atomic E-state index is 0.109. The average molecular weight is 280 g/mol. The molecule has 0 fully saturated rings. The Labute approximate surface area is 116 Å². The van der Waals surface area contributed by atoms with Crippen LogP contribution in [0.1, 0.15) is 6.92 Å². The van der Waals surface area contributed by atoms with E-state index in [9.17, 15) is 4.79 Å². The molecule has 2 aromatic rings. The van der Waals surface area contributed by atoms with Crippen LogP contribution in [0.4, 0.5) is 5.69 Å². The van der Waals surface area contributed by atoms with Crippen LogP contribution in [0.15, 0.2) is 42.5 Å². The fourth-order valence-electron chi connectivity index (χ4n) is 1.70. The van der Waals surface area contributed by atoms with Crippen LogP contribution >= 0.6 is 23.2 Å². The summed E-state index contributed by atoms with van der Waals surface area (Å²) < 4.78 is 0. The summed E-state index contributed by atoms with van der Waals surface area (Å²) in [5, 5.41) is 3.79. The van der Waals surface area contributed by atoms with Crippen LogP contribution in [0.25, 0.3) is 11.1 Å². The molecule has 0 unspecified atom stereocenters. The van der Waals surface area contributed by atoms with Gasteiger partial charge in [-0.1, -0.05) is 47.5 Å². The molecule has 0 saturated carbocycles. The first kappa shape index (κ1) is 12.9. The van der Waals surface area contributed by atoms with Crippen LogP contribution in [-0.4, -0.2) is 5.91 Å². The van der Waals surface area contributed by atoms with E-state index in [2.05, 4.69) is 5.32 Å². The van der Waals surface area contributed by atoms with Gasteiger partial charge in [0.1, 0.15) is 0 Å². The van der Waals surface area contributed by atoms with Gasteiger partial charge in [-0.25, -0.2) is 0 Å². The number of hydrogen-bond acceptors (Lipinski definition) is 1. The Morgan fingerprint density at radius 1 is 1.06 bits per heavy atom. The molecule has 0 saturated heterocycles. The van der Waals surface area contributed by atoms with Gasteiger partial charge in [-0.3, -0.25) is 4.79 Å². The summed E-state index contributed by atoms with van der Waals surface area (Å²) in [4.78, 5) is 11.2. The Bertz CT molecular complexity index is 596. The maximum absolute atomic E-state index is 11.2. The molecule has 0 spiro atoms. The molecule has 4 heteroatoms. The molecular formula is C14H11Cl2NO. The van der Waals surface area contributed by atoms with Crippen LogP contribution in [0.3, 0.4) is 0 Å². The third kappa shape index (κ3) is 2.84. The molecule has 0 bridgehead atoms. The Kier molecular flexibility index (Phi) is 3.90. The van der Waals surface area contributed by atoms with Crippen molar-refractivity contribution >= 4 is 34.8 Å². The SMILES string of the molecule is CC(=O)Nc1ccccc1-c1ccc(Cl)c(Cl)c1. The van der Waals surface area contributed by atoms with Crippen LogP contribution in [-0.2, 0) is 4.79 Å². The van der Waals surface area contributed by atoms with Crippen LogP contribution < -0.4 is 5.32 Å². The summed E-state index contributed by atoms with van der Waals surface area (Å²) in [7, 11) is 0. The molecule has 2 nitrogen and oxygen atoms in total. The molecule has 2 aromatic carbocycles. The van der Waals surface area contributed by atoms with Crippen molar-refractivity contribution in [2.24, 2.45) is 0 Å². The third-order valence-electron chi connectivity index (χ3n) is 2.47. The zero-order valence-corrected chi connectivity index (χ0v) is 11.2. The summed E-state index contributed by atoms with van der Waals surface area (Å²) in [5.41, 5.74) is 2.57. The summed E-state index contributed by atoms with van der Waals surface area (Å²) >= 11 is 11.9. The standard InChI is InChI=1S/C14H11Cl2NO/c1-9(18)17-14-5-3-2-4-11(14)10-6-7-12(15)13(16)8-10/h2-8H,1H3,(H,17,18). The molecule has 1 N–H and O–H groups in total. The number of anilines is 1. The minimum Gasteiger partial charge on any atom is -0.326 e. The van der Waals surface area contributed by atoms with Crippen LogP contribution in [0, 0.1) is 0 Å². The van der Waals surface area contributed by atoms with Crippen LogP contribution in [0.2, 0.25) is 10.0 Å².